The Labute approximate surface area is 80.3 Å². The van der Waals surface area contributed by atoms with Crippen LogP contribution in [0.25, 0.3) is 0 Å². The Kier molecular flexibility index (Phi) is 3.51. The molecule has 0 aromatic carbocycles. The molecule has 0 bridgehead atoms. The lowest BCUT2D eigenvalue weighted by Crippen LogP contribution is -2.31. The molecular weight excluding hydrogens is 164 g/mol. The molecule has 2 N–H and O–H groups in total. The van der Waals surface area contributed by atoms with Crippen LogP contribution in [0.4, 0.5) is 0 Å². The molecule has 0 aromatic heterocycles. The zero-order chi connectivity index (χ0) is 9.90. The summed E-state index contributed by atoms with van der Waals surface area (Å²) in [4.78, 5) is 0. The predicted octanol–water partition coefficient (Wildman–Crippen LogP) is 1.87. The van der Waals surface area contributed by atoms with E-state index in [4.69, 9.17) is 5.11 Å². The highest BCUT2D eigenvalue weighted by molar-refractivity contribution is 5.08. The third-order valence-corrected chi connectivity index (χ3v) is 2.94. The minimum atomic E-state index is -0.554. The van der Waals surface area contributed by atoms with Crippen LogP contribution in [-0.2, 0) is 0 Å². The van der Waals surface area contributed by atoms with Crippen LogP contribution in [0.5, 0.6) is 0 Å². The summed E-state index contributed by atoms with van der Waals surface area (Å²) in [5.41, 5.74) is 0.796. The molecule has 0 heterocycles. The molecule has 0 radical (unpaired) electrons. The quantitative estimate of drug-likeness (QED) is 0.657. The van der Waals surface area contributed by atoms with Gasteiger partial charge in [-0.3, -0.25) is 0 Å². The second-order valence-electron chi connectivity index (χ2n) is 4.46. The molecule has 1 atom stereocenters. The molecule has 1 aliphatic rings. The Balaban J connectivity index is 2.46. The monoisotopic (exact) mass is 184 g/mol. The van der Waals surface area contributed by atoms with E-state index in [1.807, 2.05) is 13.8 Å². The SMILES string of the molecule is CC(C)(O)[C@@H]1CC=C(CCO)CC1. The smallest absolute Gasteiger partial charge is 0.0622 e. The van der Waals surface area contributed by atoms with Gasteiger partial charge in [0.25, 0.3) is 0 Å². The topological polar surface area (TPSA) is 40.5 Å². The summed E-state index contributed by atoms with van der Waals surface area (Å²) in [7, 11) is 0. The molecule has 2 heteroatoms. The van der Waals surface area contributed by atoms with Crippen molar-refractivity contribution in [3.63, 3.8) is 0 Å². The van der Waals surface area contributed by atoms with Crippen LogP contribution >= 0.6 is 0 Å². The second kappa shape index (κ2) is 4.25. The molecular formula is C11H20O2. The average molecular weight is 184 g/mol. The third kappa shape index (κ3) is 3.12. The molecule has 0 fully saturated rings. The van der Waals surface area contributed by atoms with Gasteiger partial charge in [0.2, 0.25) is 0 Å². The lowest BCUT2D eigenvalue weighted by Gasteiger charge is -2.31. The maximum atomic E-state index is 9.78. The summed E-state index contributed by atoms with van der Waals surface area (Å²) in [6.45, 7) is 4.00. The number of aliphatic hydroxyl groups is 2. The predicted molar refractivity (Wildman–Crippen MR) is 53.4 cm³/mol. The van der Waals surface area contributed by atoms with E-state index < -0.39 is 5.60 Å². The highest BCUT2D eigenvalue weighted by Gasteiger charge is 2.27. The Morgan fingerprint density at radius 2 is 2.23 bits per heavy atom. The summed E-state index contributed by atoms with van der Waals surface area (Å²) in [5.74, 6) is 0.384. The molecule has 13 heavy (non-hydrogen) atoms. The van der Waals surface area contributed by atoms with Crippen LogP contribution in [0.1, 0.15) is 39.5 Å². The zero-order valence-electron chi connectivity index (χ0n) is 8.58. The van der Waals surface area contributed by atoms with Crippen molar-refractivity contribution < 1.29 is 10.2 Å². The first kappa shape index (κ1) is 10.7. The highest BCUT2D eigenvalue weighted by Crippen LogP contribution is 2.32. The van der Waals surface area contributed by atoms with Gasteiger partial charge in [-0.05, 0) is 45.4 Å². The molecule has 0 aliphatic heterocycles. The molecule has 1 rings (SSSR count). The first-order chi connectivity index (χ1) is 6.04. The van der Waals surface area contributed by atoms with Crippen LogP contribution < -0.4 is 0 Å². The summed E-state index contributed by atoms with van der Waals surface area (Å²) in [5, 5.41) is 18.5. The van der Waals surface area contributed by atoms with Crippen molar-refractivity contribution in [1.29, 1.82) is 0 Å². The van der Waals surface area contributed by atoms with E-state index in [1.165, 1.54) is 5.57 Å². The Bertz CT molecular complexity index is 189. The first-order valence-corrected chi connectivity index (χ1v) is 5.05. The maximum absolute atomic E-state index is 9.78. The van der Waals surface area contributed by atoms with Crippen molar-refractivity contribution in [2.24, 2.45) is 5.92 Å². The van der Waals surface area contributed by atoms with E-state index in [2.05, 4.69) is 6.08 Å². The number of hydrogen-bond acceptors (Lipinski definition) is 2. The van der Waals surface area contributed by atoms with E-state index in [-0.39, 0.29) is 6.61 Å². The van der Waals surface area contributed by atoms with Crippen molar-refractivity contribution >= 4 is 0 Å². The molecule has 0 aromatic rings. The highest BCUT2D eigenvalue weighted by atomic mass is 16.3. The van der Waals surface area contributed by atoms with Crippen LogP contribution in [0.3, 0.4) is 0 Å². The van der Waals surface area contributed by atoms with Gasteiger partial charge in [-0.1, -0.05) is 11.6 Å². The van der Waals surface area contributed by atoms with Gasteiger partial charge in [0.05, 0.1) is 5.60 Å². The van der Waals surface area contributed by atoms with E-state index >= 15 is 0 Å². The van der Waals surface area contributed by atoms with Crippen molar-refractivity contribution in [3.8, 4) is 0 Å². The standard InChI is InChI=1S/C11H20O2/c1-11(2,13)10-5-3-9(4-6-10)7-8-12/h3,10,12-13H,4-8H2,1-2H3/t10-/m1/s1. The van der Waals surface area contributed by atoms with Gasteiger partial charge in [0, 0.05) is 6.61 Å². The molecule has 1 aliphatic carbocycles. The third-order valence-electron chi connectivity index (χ3n) is 2.94. The van der Waals surface area contributed by atoms with Crippen molar-refractivity contribution in [1.82, 2.24) is 0 Å². The summed E-state index contributed by atoms with van der Waals surface area (Å²) < 4.78 is 0. The van der Waals surface area contributed by atoms with Gasteiger partial charge < -0.3 is 10.2 Å². The van der Waals surface area contributed by atoms with Crippen LogP contribution in [0, 0.1) is 5.92 Å². The van der Waals surface area contributed by atoms with E-state index in [0.717, 1.165) is 25.7 Å². The fourth-order valence-electron chi connectivity index (χ4n) is 1.90. The van der Waals surface area contributed by atoms with Crippen LogP contribution in [0.15, 0.2) is 11.6 Å². The second-order valence-corrected chi connectivity index (χ2v) is 4.46. The molecule has 0 unspecified atom stereocenters. The first-order valence-electron chi connectivity index (χ1n) is 5.05. The molecule has 76 valence electrons. The minimum absolute atomic E-state index is 0.249. The lowest BCUT2D eigenvalue weighted by molar-refractivity contribution is 0.0124. The fourth-order valence-corrected chi connectivity index (χ4v) is 1.90. The number of allylic oxidation sites excluding steroid dienone is 1. The molecule has 0 saturated carbocycles. The van der Waals surface area contributed by atoms with Gasteiger partial charge in [-0.25, -0.2) is 0 Å². The average Bonchev–Trinajstić information content (AvgIpc) is 2.04. The Morgan fingerprint density at radius 1 is 1.54 bits per heavy atom. The molecule has 0 saturated heterocycles. The number of hydrogen-bond donors (Lipinski definition) is 2. The normalized spacial score (nSPS) is 24.3. The van der Waals surface area contributed by atoms with Gasteiger partial charge in [-0.2, -0.15) is 0 Å². The molecule has 0 spiro atoms. The summed E-state index contributed by atoms with van der Waals surface area (Å²) in [6, 6.07) is 0. The van der Waals surface area contributed by atoms with E-state index in [9.17, 15) is 5.11 Å². The van der Waals surface area contributed by atoms with Crippen LogP contribution in [0.2, 0.25) is 0 Å². The number of rotatable bonds is 3. The Morgan fingerprint density at radius 3 is 2.62 bits per heavy atom. The minimum Gasteiger partial charge on any atom is -0.396 e. The van der Waals surface area contributed by atoms with Gasteiger partial charge in [0.1, 0.15) is 0 Å². The molecule has 0 amide bonds. The van der Waals surface area contributed by atoms with Gasteiger partial charge in [-0.15, -0.1) is 0 Å². The van der Waals surface area contributed by atoms with Crippen molar-refractivity contribution in [2.75, 3.05) is 6.61 Å². The van der Waals surface area contributed by atoms with Crippen molar-refractivity contribution in [2.45, 2.75) is 45.1 Å². The largest absolute Gasteiger partial charge is 0.396 e. The Hall–Kier alpha value is -0.340. The zero-order valence-corrected chi connectivity index (χ0v) is 8.58. The summed E-state index contributed by atoms with van der Waals surface area (Å²) in [6.07, 6.45) is 6.03. The molecule has 2 nitrogen and oxygen atoms in total. The maximum Gasteiger partial charge on any atom is 0.0622 e. The van der Waals surface area contributed by atoms with Crippen molar-refractivity contribution in [3.05, 3.63) is 11.6 Å². The van der Waals surface area contributed by atoms with E-state index in [0.29, 0.717) is 5.92 Å². The van der Waals surface area contributed by atoms with Gasteiger partial charge in [0.15, 0.2) is 0 Å². The fraction of sp³-hybridized carbons (Fsp3) is 0.818. The van der Waals surface area contributed by atoms with E-state index in [1.54, 1.807) is 0 Å². The summed E-state index contributed by atoms with van der Waals surface area (Å²) >= 11 is 0. The number of aliphatic hydroxyl groups excluding tert-OH is 1. The van der Waals surface area contributed by atoms with Gasteiger partial charge >= 0.3 is 0 Å². The lowest BCUT2D eigenvalue weighted by atomic mass is 9.79. The van der Waals surface area contributed by atoms with Crippen LogP contribution in [-0.4, -0.2) is 22.4 Å².